The number of nitrogens with one attached hydrogen (secondary N) is 1. The average Bonchev–Trinajstić information content (AvgIpc) is 2.48. The molecule has 0 bridgehead atoms. The minimum atomic E-state index is -0.166. The molecule has 0 unspecified atom stereocenters. The molecule has 1 aromatic heterocycles. The summed E-state index contributed by atoms with van der Waals surface area (Å²) in [4.78, 5) is 16.0. The van der Waals surface area contributed by atoms with E-state index in [1.165, 1.54) is 12.7 Å². The molecule has 0 aliphatic rings. The normalized spacial score (nSPS) is 9.95. The number of carbonyl (C=O) groups excluding carboxylic acids is 1. The molecule has 98 valence electrons. The maximum absolute atomic E-state index is 12.0. The van der Waals surface area contributed by atoms with Crippen LogP contribution in [0.3, 0.4) is 0 Å². The highest BCUT2D eigenvalue weighted by Gasteiger charge is 2.11. The maximum Gasteiger partial charge on any atom is 0.256 e. The Balaban J connectivity index is 1.91. The predicted molar refractivity (Wildman–Crippen MR) is 73.3 cm³/mol. The molecule has 2 aromatic rings. The minimum Gasteiger partial charge on any atom is -0.480 e. The number of ether oxygens (including phenoxy) is 1. The molecule has 0 spiro atoms. The summed E-state index contributed by atoms with van der Waals surface area (Å²) in [5, 5.41) is 2.86. The van der Waals surface area contributed by atoms with Gasteiger partial charge in [-0.2, -0.15) is 0 Å². The zero-order valence-electron chi connectivity index (χ0n) is 10.8. The van der Waals surface area contributed by atoms with Gasteiger partial charge in [0.2, 0.25) is 5.88 Å². The summed E-state index contributed by atoms with van der Waals surface area (Å²) in [5.41, 5.74) is 1.65. The molecule has 0 aliphatic carbocycles. The van der Waals surface area contributed by atoms with Gasteiger partial charge in [0, 0.05) is 12.7 Å². The zero-order valence-corrected chi connectivity index (χ0v) is 10.8. The monoisotopic (exact) mass is 256 g/mol. The summed E-state index contributed by atoms with van der Waals surface area (Å²) in [5.74, 6) is 0.181. The van der Waals surface area contributed by atoms with Gasteiger partial charge >= 0.3 is 0 Å². The van der Waals surface area contributed by atoms with Crippen LogP contribution in [0.2, 0.25) is 0 Å². The molecule has 0 saturated carbocycles. The minimum absolute atomic E-state index is 0.166. The predicted octanol–water partition coefficient (Wildman–Crippen LogP) is 2.06. The zero-order chi connectivity index (χ0) is 13.5. The third-order valence-corrected chi connectivity index (χ3v) is 2.75. The van der Waals surface area contributed by atoms with Crippen molar-refractivity contribution in [1.82, 2.24) is 10.3 Å². The Morgan fingerprint density at radius 3 is 2.74 bits per heavy atom. The van der Waals surface area contributed by atoms with Crippen molar-refractivity contribution in [2.24, 2.45) is 0 Å². The van der Waals surface area contributed by atoms with Crippen LogP contribution >= 0.6 is 0 Å². The van der Waals surface area contributed by atoms with Gasteiger partial charge in [0.1, 0.15) is 5.56 Å². The SMILES string of the molecule is COc1ncccc1C(=O)NCCc1ccccc1. The number of hydrogen-bond donors (Lipinski definition) is 1. The maximum atomic E-state index is 12.0. The first-order chi connectivity index (χ1) is 9.31. The van der Waals surface area contributed by atoms with E-state index in [9.17, 15) is 4.79 Å². The van der Waals surface area contributed by atoms with E-state index in [1.807, 2.05) is 30.3 Å². The van der Waals surface area contributed by atoms with Crippen LogP contribution in [0.25, 0.3) is 0 Å². The first kappa shape index (κ1) is 13.1. The van der Waals surface area contributed by atoms with Crippen molar-refractivity contribution in [1.29, 1.82) is 0 Å². The highest BCUT2D eigenvalue weighted by Crippen LogP contribution is 2.12. The molecule has 0 atom stereocenters. The lowest BCUT2D eigenvalue weighted by molar-refractivity contribution is 0.0950. The molecule has 0 radical (unpaired) electrons. The second kappa shape index (κ2) is 6.54. The quantitative estimate of drug-likeness (QED) is 0.891. The fourth-order valence-corrected chi connectivity index (χ4v) is 1.79. The van der Waals surface area contributed by atoms with Crippen LogP contribution in [0.1, 0.15) is 15.9 Å². The summed E-state index contributed by atoms with van der Waals surface area (Å²) in [6, 6.07) is 13.4. The highest BCUT2D eigenvalue weighted by atomic mass is 16.5. The lowest BCUT2D eigenvalue weighted by Gasteiger charge is -2.08. The third kappa shape index (κ3) is 3.55. The summed E-state index contributed by atoms with van der Waals surface area (Å²) in [6.07, 6.45) is 2.40. The molecule has 0 aliphatic heterocycles. The standard InChI is InChI=1S/C15H16N2O2/c1-19-15-13(8-5-10-17-15)14(18)16-11-9-12-6-3-2-4-7-12/h2-8,10H,9,11H2,1H3,(H,16,18). The first-order valence-electron chi connectivity index (χ1n) is 6.12. The third-order valence-electron chi connectivity index (χ3n) is 2.75. The van der Waals surface area contributed by atoms with Gasteiger partial charge in [-0.05, 0) is 24.1 Å². The fraction of sp³-hybridized carbons (Fsp3) is 0.200. The van der Waals surface area contributed by atoms with Gasteiger partial charge in [-0.15, -0.1) is 0 Å². The van der Waals surface area contributed by atoms with Gasteiger partial charge in [-0.25, -0.2) is 4.98 Å². The Bertz CT molecular complexity index is 541. The van der Waals surface area contributed by atoms with Crippen LogP contribution in [0, 0.1) is 0 Å². The molecular formula is C15H16N2O2. The van der Waals surface area contributed by atoms with Crippen molar-refractivity contribution < 1.29 is 9.53 Å². The second-order valence-electron chi connectivity index (χ2n) is 4.05. The Labute approximate surface area is 112 Å². The van der Waals surface area contributed by atoms with E-state index in [0.717, 1.165) is 6.42 Å². The Hall–Kier alpha value is -2.36. The van der Waals surface area contributed by atoms with E-state index < -0.39 is 0 Å². The van der Waals surface area contributed by atoms with Crippen molar-refractivity contribution in [3.63, 3.8) is 0 Å². The lowest BCUT2D eigenvalue weighted by atomic mass is 10.1. The van der Waals surface area contributed by atoms with Crippen LogP contribution in [-0.4, -0.2) is 24.5 Å². The molecule has 1 heterocycles. The van der Waals surface area contributed by atoms with Crippen LogP contribution < -0.4 is 10.1 Å². The van der Waals surface area contributed by atoms with Gasteiger partial charge < -0.3 is 10.1 Å². The summed E-state index contributed by atoms with van der Waals surface area (Å²) < 4.78 is 5.06. The van der Waals surface area contributed by atoms with Gasteiger partial charge in [-0.1, -0.05) is 30.3 Å². The molecule has 19 heavy (non-hydrogen) atoms. The molecule has 4 heteroatoms. The highest BCUT2D eigenvalue weighted by molar-refractivity contribution is 5.96. The second-order valence-corrected chi connectivity index (χ2v) is 4.05. The Morgan fingerprint density at radius 2 is 2.00 bits per heavy atom. The number of carbonyl (C=O) groups is 1. The van der Waals surface area contributed by atoms with Crippen LogP contribution in [0.15, 0.2) is 48.7 Å². The van der Waals surface area contributed by atoms with Gasteiger partial charge in [0.15, 0.2) is 0 Å². The van der Waals surface area contributed by atoms with Crippen molar-refractivity contribution >= 4 is 5.91 Å². The van der Waals surface area contributed by atoms with Crippen molar-refractivity contribution in [2.75, 3.05) is 13.7 Å². The molecule has 0 fully saturated rings. The number of pyridine rings is 1. The van der Waals surface area contributed by atoms with Crippen molar-refractivity contribution in [3.05, 3.63) is 59.8 Å². The van der Waals surface area contributed by atoms with Crippen LogP contribution in [0.4, 0.5) is 0 Å². The number of benzene rings is 1. The number of nitrogens with zero attached hydrogens (tertiary/aromatic N) is 1. The van der Waals surface area contributed by atoms with E-state index >= 15 is 0 Å². The van der Waals surface area contributed by atoms with Crippen molar-refractivity contribution in [2.45, 2.75) is 6.42 Å². The molecule has 1 aromatic carbocycles. The van der Waals surface area contributed by atoms with Gasteiger partial charge in [0.05, 0.1) is 7.11 Å². The fourth-order valence-electron chi connectivity index (χ4n) is 1.79. The Morgan fingerprint density at radius 1 is 1.21 bits per heavy atom. The molecular weight excluding hydrogens is 240 g/mol. The van der Waals surface area contributed by atoms with E-state index in [1.54, 1.807) is 18.3 Å². The summed E-state index contributed by atoms with van der Waals surface area (Å²) in [7, 11) is 1.50. The number of rotatable bonds is 5. The lowest BCUT2D eigenvalue weighted by Crippen LogP contribution is -2.26. The van der Waals surface area contributed by atoms with E-state index in [4.69, 9.17) is 4.74 Å². The van der Waals surface area contributed by atoms with Crippen LogP contribution in [-0.2, 0) is 6.42 Å². The first-order valence-corrected chi connectivity index (χ1v) is 6.12. The van der Waals surface area contributed by atoms with Gasteiger partial charge in [0.25, 0.3) is 5.91 Å². The number of methoxy groups -OCH3 is 1. The molecule has 2 rings (SSSR count). The van der Waals surface area contributed by atoms with E-state index in [-0.39, 0.29) is 5.91 Å². The Kier molecular flexibility index (Phi) is 4.50. The molecule has 4 nitrogen and oxygen atoms in total. The number of hydrogen-bond acceptors (Lipinski definition) is 3. The van der Waals surface area contributed by atoms with Crippen LogP contribution in [0.5, 0.6) is 5.88 Å². The van der Waals surface area contributed by atoms with Gasteiger partial charge in [-0.3, -0.25) is 4.79 Å². The van der Waals surface area contributed by atoms with E-state index in [0.29, 0.717) is 18.0 Å². The summed E-state index contributed by atoms with van der Waals surface area (Å²) in [6.45, 7) is 0.584. The molecule has 1 N–H and O–H groups in total. The van der Waals surface area contributed by atoms with Crippen molar-refractivity contribution in [3.8, 4) is 5.88 Å². The smallest absolute Gasteiger partial charge is 0.256 e. The average molecular weight is 256 g/mol. The van der Waals surface area contributed by atoms with E-state index in [2.05, 4.69) is 10.3 Å². The molecule has 1 amide bonds. The molecule has 0 saturated heterocycles. The number of amides is 1. The number of aromatic nitrogens is 1. The topological polar surface area (TPSA) is 51.2 Å². The summed E-state index contributed by atoms with van der Waals surface area (Å²) >= 11 is 0. The largest absolute Gasteiger partial charge is 0.480 e.